The molecule has 3 heterocycles. The molecule has 1 atom stereocenters. The van der Waals surface area contributed by atoms with Crippen LogP contribution in [-0.4, -0.2) is 28.9 Å². The van der Waals surface area contributed by atoms with Crippen molar-refractivity contribution in [2.45, 2.75) is 31.7 Å². The van der Waals surface area contributed by atoms with Gasteiger partial charge in [-0.1, -0.05) is 24.3 Å². The number of benzene rings is 2. The zero-order chi connectivity index (χ0) is 19.6. The van der Waals surface area contributed by atoms with Crippen LogP contribution in [-0.2, 0) is 6.42 Å². The maximum atomic E-state index is 13.3. The maximum Gasteiger partial charge on any atom is 0.254 e. The van der Waals surface area contributed by atoms with E-state index in [1.54, 1.807) is 6.20 Å². The van der Waals surface area contributed by atoms with Gasteiger partial charge in [0.15, 0.2) is 0 Å². The number of carbonyl (C=O) groups is 1. The van der Waals surface area contributed by atoms with Crippen molar-refractivity contribution in [2.24, 2.45) is 0 Å². The van der Waals surface area contributed by atoms with Crippen LogP contribution in [0, 0.1) is 0 Å². The molecule has 4 nitrogen and oxygen atoms in total. The average Bonchev–Trinajstić information content (AvgIpc) is 3.27. The van der Waals surface area contributed by atoms with Gasteiger partial charge < -0.3 is 9.64 Å². The highest BCUT2D eigenvalue weighted by Gasteiger charge is 2.28. The second-order valence-corrected chi connectivity index (χ2v) is 7.79. The number of aromatic nitrogens is 1. The number of nitrogens with zero attached hydrogens (tertiary/aromatic N) is 2. The first-order chi connectivity index (χ1) is 14.3. The Hall–Kier alpha value is -3.14. The number of pyridine rings is 1. The lowest BCUT2D eigenvalue weighted by molar-refractivity contribution is 0.0611. The van der Waals surface area contributed by atoms with E-state index in [0.29, 0.717) is 0 Å². The van der Waals surface area contributed by atoms with Crippen LogP contribution in [0.2, 0.25) is 0 Å². The van der Waals surface area contributed by atoms with Crippen molar-refractivity contribution >= 4 is 5.91 Å². The Kier molecular flexibility index (Phi) is 4.76. The second kappa shape index (κ2) is 7.70. The van der Waals surface area contributed by atoms with Crippen LogP contribution in [0.25, 0.3) is 11.1 Å². The SMILES string of the molecule is O=C(c1ccc(-c2ccc3c(c2)CCO3)cc1)N1CCCC[C@@H]1c1cccnc1. The molecule has 0 saturated carbocycles. The van der Waals surface area contributed by atoms with E-state index in [-0.39, 0.29) is 11.9 Å². The number of carbonyl (C=O) groups excluding carboxylic acids is 1. The summed E-state index contributed by atoms with van der Waals surface area (Å²) in [7, 11) is 0. The van der Waals surface area contributed by atoms with Gasteiger partial charge in [-0.15, -0.1) is 0 Å². The topological polar surface area (TPSA) is 42.4 Å². The summed E-state index contributed by atoms with van der Waals surface area (Å²) in [5.41, 5.74) is 5.42. The van der Waals surface area contributed by atoms with Crippen molar-refractivity contribution in [1.29, 1.82) is 0 Å². The van der Waals surface area contributed by atoms with E-state index in [9.17, 15) is 4.79 Å². The molecule has 146 valence electrons. The van der Waals surface area contributed by atoms with Crippen LogP contribution in [0.15, 0.2) is 67.0 Å². The van der Waals surface area contributed by atoms with Crippen LogP contribution >= 0.6 is 0 Å². The predicted molar refractivity (Wildman–Crippen MR) is 113 cm³/mol. The molecular formula is C25H24N2O2. The van der Waals surface area contributed by atoms with Gasteiger partial charge in [-0.3, -0.25) is 9.78 Å². The van der Waals surface area contributed by atoms with Crippen molar-refractivity contribution in [1.82, 2.24) is 9.88 Å². The van der Waals surface area contributed by atoms with Crippen LogP contribution in [0.3, 0.4) is 0 Å². The number of piperidine rings is 1. The van der Waals surface area contributed by atoms with Crippen molar-refractivity contribution in [2.75, 3.05) is 13.2 Å². The van der Waals surface area contributed by atoms with E-state index in [2.05, 4.69) is 23.2 Å². The summed E-state index contributed by atoms with van der Waals surface area (Å²) in [5, 5.41) is 0. The first-order valence-corrected chi connectivity index (χ1v) is 10.4. The third kappa shape index (κ3) is 3.51. The standard InChI is InChI=1S/C25H24N2O2/c28-25(27-14-2-1-5-23(27)22-4-3-13-26-17-22)19-8-6-18(7-9-19)20-10-11-24-21(16-20)12-15-29-24/h3-4,6-11,13,16-17,23H,1-2,5,12,14-15H2/t23-/m1/s1. The lowest BCUT2D eigenvalue weighted by Gasteiger charge is -2.36. The molecule has 0 spiro atoms. The Balaban J connectivity index is 1.38. The fourth-order valence-corrected chi connectivity index (χ4v) is 4.43. The maximum absolute atomic E-state index is 13.3. The van der Waals surface area contributed by atoms with Crippen LogP contribution in [0.5, 0.6) is 5.75 Å². The number of fused-ring (bicyclic) bond motifs is 1. The lowest BCUT2D eigenvalue weighted by Crippen LogP contribution is -2.38. The largest absolute Gasteiger partial charge is 0.493 e. The minimum Gasteiger partial charge on any atom is -0.493 e. The Morgan fingerprint density at radius 2 is 1.90 bits per heavy atom. The van der Waals surface area contributed by atoms with E-state index in [1.165, 1.54) is 11.1 Å². The van der Waals surface area contributed by atoms with E-state index >= 15 is 0 Å². The van der Waals surface area contributed by atoms with Gasteiger partial charge in [0, 0.05) is 30.9 Å². The number of hydrogen-bond donors (Lipinski definition) is 0. The molecule has 2 aromatic carbocycles. The fraction of sp³-hybridized carbons (Fsp3) is 0.280. The number of amides is 1. The first kappa shape index (κ1) is 17.9. The molecule has 1 amide bonds. The molecular weight excluding hydrogens is 360 g/mol. The van der Waals surface area contributed by atoms with Crippen molar-refractivity contribution in [3.05, 3.63) is 83.7 Å². The summed E-state index contributed by atoms with van der Waals surface area (Å²) >= 11 is 0. The third-order valence-electron chi connectivity index (χ3n) is 5.99. The number of likely N-dealkylation sites (tertiary alicyclic amines) is 1. The molecule has 0 aliphatic carbocycles. The molecule has 0 N–H and O–H groups in total. The molecule has 0 bridgehead atoms. The second-order valence-electron chi connectivity index (χ2n) is 7.79. The van der Waals surface area contributed by atoms with Gasteiger partial charge in [0.05, 0.1) is 12.6 Å². The van der Waals surface area contributed by atoms with Gasteiger partial charge in [-0.2, -0.15) is 0 Å². The zero-order valence-corrected chi connectivity index (χ0v) is 16.4. The molecule has 1 aromatic heterocycles. The van der Waals surface area contributed by atoms with Crippen molar-refractivity contribution in [3.63, 3.8) is 0 Å². The number of rotatable bonds is 3. The smallest absolute Gasteiger partial charge is 0.254 e. The fourth-order valence-electron chi connectivity index (χ4n) is 4.43. The minimum atomic E-state index is 0.104. The highest BCUT2D eigenvalue weighted by Crippen LogP contribution is 2.33. The summed E-state index contributed by atoms with van der Waals surface area (Å²) in [5.74, 6) is 1.10. The highest BCUT2D eigenvalue weighted by molar-refractivity contribution is 5.95. The Morgan fingerprint density at radius 1 is 1.03 bits per heavy atom. The predicted octanol–water partition coefficient (Wildman–Crippen LogP) is 5.05. The number of ether oxygens (including phenoxy) is 1. The molecule has 0 unspecified atom stereocenters. The highest BCUT2D eigenvalue weighted by atomic mass is 16.5. The van der Waals surface area contributed by atoms with Gasteiger partial charge in [-0.05, 0) is 71.8 Å². The molecule has 29 heavy (non-hydrogen) atoms. The summed E-state index contributed by atoms with van der Waals surface area (Å²) < 4.78 is 5.60. The van der Waals surface area contributed by atoms with E-state index in [0.717, 1.165) is 61.3 Å². The summed E-state index contributed by atoms with van der Waals surface area (Å²) in [6.45, 7) is 1.56. The molecule has 2 aliphatic heterocycles. The molecule has 1 saturated heterocycles. The lowest BCUT2D eigenvalue weighted by atomic mass is 9.95. The first-order valence-electron chi connectivity index (χ1n) is 10.4. The summed E-state index contributed by atoms with van der Waals surface area (Å²) in [6, 6.07) is 18.5. The Labute approximate surface area is 171 Å². The Morgan fingerprint density at radius 3 is 2.72 bits per heavy atom. The normalized spacial score (nSPS) is 18.2. The van der Waals surface area contributed by atoms with Gasteiger partial charge in [0.1, 0.15) is 5.75 Å². The van der Waals surface area contributed by atoms with Gasteiger partial charge in [0.25, 0.3) is 5.91 Å². The van der Waals surface area contributed by atoms with Gasteiger partial charge >= 0.3 is 0 Å². The molecule has 1 fully saturated rings. The van der Waals surface area contributed by atoms with Crippen LogP contribution in [0.1, 0.15) is 46.8 Å². The quantitative estimate of drug-likeness (QED) is 0.634. The Bertz CT molecular complexity index is 1010. The average molecular weight is 384 g/mol. The third-order valence-corrected chi connectivity index (χ3v) is 5.99. The molecule has 0 radical (unpaired) electrons. The van der Waals surface area contributed by atoms with Crippen molar-refractivity contribution < 1.29 is 9.53 Å². The summed E-state index contributed by atoms with van der Waals surface area (Å²) in [4.78, 5) is 19.5. The molecule has 2 aliphatic rings. The van der Waals surface area contributed by atoms with Crippen LogP contribution < -0.4 is 4.74 Å². The van der Waals surface area contributed by atoms with E-state index in [1.807, 2.05) is 47.5 Å². The zero-order valence-electron chi connectivity index (χ0n) is 16.4. The van der Waals surface area contributed by atoms with Crippen molar-refractivity contribution in [3.8, 4) is 16.9 Å². The monoisotopic (exact) mass is 384 g/mol. The van der Waals surface area contributed by atoms with Gasteiger partial charge in [0.2, 0.25) is 0 Å². The van der Waals surface area contributed by atoms with E-state index < -0.39 is 0 Å². The number of hydrogen-bond acceptors (Lipinski definition) is 3. The van der Waals surface area contributed by atoms with Crippen LogP contribution in [0.4, 0.5) is 0 Å². The van der Waals surface area contributed by atoms with Gasteiger partial charge in [-0.25, -0.2) is 0 Å². The molecule has 4 heteroatoms. The molecule has 3 aromatic rings. The summed E-state index contributed by atoms with van der Waals surface area (Å²) in [6.07, 6.45) is 7.82. The minimum absolute atomic E-state index is 0.104. The van der Waals surface area contributed by atoms with E-state index in [4.69, 9.17) is 4.74 Å². The molecule has 5 rings (SSSR count).